The van der Waals surface area contributed by atoms with Crippen LogP contribution in [-0.4, -0.2) is 36.0 Å². The van der Waals surface area contributed by atoms with E-state index in [9.17, 15) is 4.79 Å². The van der Waals surface area contributed by atoms with E-state index in [-0.39, 0.29) is 5.91 Å². The van der Waals surface area contributed by atoms with Crippen LogP contribution in [0.15, 0.2) is 12.4 Å². The second kappa shape index (κ2) is 6.08. The molecule has 2 N–H and O–H groups in total. The van der Waals surface area contributed by atoms with Crippen LogP contribution in [-0.2, 0) is 0 Å². The fraction of sp³-hybridized carbons (Fsp3) is 0.500. The predicted molar refractivity (Wildman–Crippen MR) is 57.6 cm³/mol. The van der Waals surface area contributed by atoms with Gasteiger partial charge in [-0.2, -0.15) is 0 Å². The first-order chi connectivity index (χ1) is 7.24. The molecule has 0 bridgehead atoms. The van der Waals surface area contributed by atoms with Gasteiger partial charge in [0.15, 0.2) is 0 Å². The summed E-state index contributed by atoms with van der Waals surface area (Å²) in [6.07, 6.45) is 3.98. The van der Waals surface area contributed by atoms with Crippen LogP contribution >= 0.6 is 0 Å². The zero-order valence-electron chi connectivity index (χ0n) is 9.08. The third-order valence-corrected chi connectivity index (χ3v) is 1.90. The van der Waals surface area contributed by atoms with Crippen LogP contribution < -0.4 is 10.6 Å². The maximum atomic E-state index is 11.5. The number of hydrogen-bond acceptors (Lipinski definition) is 4. The molecule has 0 aliphatic heterocycles. The molecule has 0 fully saturated rings. The summed E-state index contributed by atoms with van der Waals surface area (Å²) in [5, 5.41) is 5.78. The van der Waals surface area contributed by atoms with Crippen molar-refractivity contribution in [1.29, 1.82) is 0 Å². The van der Waals surface area contributed by atoms with Crippen molar-refractivity contribution in [3.05, 3.63) is 23.8 Å². The second-order valence-corrected chi connectivity index (χ2v) is 3.26. The largest absolute Gasteiger partial charge is 0.351 e. The molecular weight excluding hydrogens is 192 g/mol. The quantitative estimate of drug-likeness (QED) is 0.675. The maximum Gasteiger partial charge on any atom is 0.271 e. The summed E-state index contributed by atoms with van der Waals surface area (Å²) in [6, 6.07) is 0. The highest BCUT2D eigenvalue weighted by molar-refractivity contribution is 5.91. The normalized spacial score (nSPS) is 10.0. The molecular formula is C10H16N4O. The van der Waals surface area contributed by atoms with Gasteiger partial charge >= 0.3 is 0 Å². The monoisotopic (exact) mass is 208 g/mol. The summed E-state index contributed by atoms with van der Waals surface area (Å²) >= 11 is 0. The van der Waals surface area contributed by atoms with E-state index in [0.29, 0.717) is 12.2 Å². The molecule has 0 spiro atoms. The zero-order valence-corrected chi connectivity index (χ0v) is 9.08. The summed E-state index contributed by atoms with van der Waals surface area (Å²) in [6.45, 7) is 3.37. The average Bonchev–Trinajstić information content (AvgIpc) is 2.25. The summed E-state index contributed by atoms with van der Waals surface area (Å²) in [7, 11) is 1.88. The minimum absolute atomic E-state index is 0.168. The highest BCUT2D eigenvalue weighted by Crippen LogP contribution is 1.93. The Labute approximate surface area is 89.3 Å². The molecule has 0 aliphatic rings. The Balaban J connectivity index is 2.37. The molecule has 0 atom stereocenters. The van der Waals surface area contributed by atoms with Crippen molar-refractivity contribution in [2.24, 2.45) is 0 Å². The molecule has 0 aromatic carbocycles. The minimum atomic E-state index is -0.168. The Morgan fingerprint density at radius 1 is 1.33 bits per heavy atom. The molecule has 5 heteroatoms. The van der Waals surface area contributed by atoms with Gasteiger partial charge in [-0.25, -0.2) is 4.98 Å². The van der Waals surface area contributed by atoms with Crippen LogP contribution in [0.5, 0.6) is 0 Å². The fourth-order valence-corrected chi connectivity index (χ4v) is 1.07. The van der Waals surface area contributed by atoms with E-state index in [4.69, 9.17) is 0 Å². The number of aryl methyl sites for hydroxylation is 1. The predicted octanol–water partition coefficient (Wildman–Crippen LogP) is 0.124. The Bertz CT molecular complexity index is 310. The standard InChI is InChI=1S/C10H16N4O/c1-8-6-14-9(7-13-8)10(15)12-5-3-4-11-2/h6-7,11H,3-5H2,1-2H3,(H,12,15). The number of amides is 1. The molecule has 82 valence electrons. The number of carbonyl (C=O) groups is 1. The summed E-state index contributed by atoms with van der Waals surface area (Å²) < 4.78 is 0. The molecule has 0 aliphatic carbocycles. The second-order valence-electron chi connectivity index (χ2n) is 3.26. The lowest BCUT2D eigenvalue weighted by Crippen LogP contribution is -2.27. The van der Waals surface area contributed by atoms with E-state index < -0.39 is 0 Å². The van der Waals surface area contributed by atoms with Crippen molar-refractivity contribution in [2.45, 2.75) is 13.3 Å². The smallest absolute Gasteiger partial charge is 0.271 e. The Morgan fingerprint density at radius 3 is 2.73 bits per heavy atom. The van der Waals surface area contributed by atoms with E-state index in [1.165, 1.54) is 6.20 Å². The van der Waals surface area contributed by atoms with E-state index >= 15 is 0 Å². The van der Waals surface area contributed by atoms with Gasteiger partial charge in [0.25, 0.3) is 5.91 Å². The number of nitrogens with zero attached hydrogens (tertiary/aromatic N) is 2. The molecule has 0 saturated heterocycles. The summed E-state index contributed by atoms with van der Waals surface area (Å²) in [5.41, 5.74) is 1.17. The molecule has 1 aromatic heterocycles. The maximum absolute atomic E-state index is 11.5. The molecule has 0 radical (unpaired) electrons. The third kappa shape index (κ3) is 4.03. The molecule has 0 unspecified atom stereocenters. The van der Waals surface area contributed by atoms with Crippen LogP contribution in [0.4, 0.5) is 0 Å². The van der Waals surface area contributed by atoms with Crippen molar-refractivity contribution in [3.8, 4) is 0 Å². The average molecular weight is 208 g/mol. The van der Waals surface area contributed by atoms with Gasteiger partial charge in [0.2, 0.25) is 0 Å². The lowest BCUT2D eigenvalue weighted by atomic mass is 10.3. The third-order valence-electron chi connectivity index (χ3n) is 1.90. The van der Waals surface area contributed by atoms with Crippen molar-refractivity contribution < 1.29 is 4.79 Å². The van der Waals surface area contributed by atoms with Gasteiger partial charge < -0.3 is 10.6 Å². The number of rotatable bonds is 5. The van der Waals surface area contributed by atoms with Crippen molar-refractivity contribution in [3.63, 3.8) is 0 Å². The van der Waals surface area contributed by atoms with Gasteiger partial charge in [-0.15, -0.1) is 0 Å². The summed E-state index contributed by atoms with van der Waals surface area (Å²) in [5.74, 6) is -0.168. The van der Waals surface area contributed by atoms with Gasteiger partial charge in [0, 0.05) is 12.7 Å². The molecule has 1 heterocycles. The number of nitrogens with one attached hydrogen (secondary N) is 2. The number of carbonyl (C=O) groups excluding carboxylic acids is 1. The van der Waals surface area contributed by atoms with Crippen LogP contribution in [0, 0.1) is 6.92 Å². The fourth-order valence-electron chi connectivity index (χ4n) is 1.07. The first-order valence-corrected chi connectivity index (χ1v) is 4.95. The van der Waals surface area contributed by atoms with E-state index in [2.05, 4.69) is 20.6 Å². The number of aromatic nitrogens is 2. The van der Waals surface area contributed by atoms with E-state index in [0.717, 1.165) is 18.7 Å². The van der Waals surface area contributed by atoms with Gasteiger partial charge in [-0.05, 0) is 26.9 Å². The molecule has 5 nitrogen and oxygen atoms in total. The van der Waals surface area contributed by atoms with Crippen molar-refractivity contribution >= 4 is 5.91 Å². The van der Waals surface area contributed by atoms with E-state index in [1.807, 2.05) is 14.0 Å². The molecule has 1 rings (SSSR count). The van der Waals surface area contributed by atoms with Gasteiger partial charge in [-0.1, -0.05) is 0 Å². The minimum Gasteiger partial charge on any atom is -0.351 e. The lowest BCUT2D eigenvalue weighted by Gasteiger charge is -2.03. The van der Waals surface area contributed by atoms with E-state index in [1.54, 1.807) is 6.20 Å². The van der Waals surface area contributed by atoms with Crippen molar-refractivity contribution in [2.75, 3.05) is 20.1 Å². The highest BCUT2D eigenvalue weighted by atomic mass is 16.1. The summed E-state index contributed by atoms with van der Waals surface area (Å²) in [4.78, 5) is 19.5. The Hall–Kier alpha value is -1.49. The molecule has 1 aromatic rings. The Kier molecular flexibility index (Phi) is 4.70. The van der Waals surface area contributed by atoms with Gasteiger partial charge in [-0.3, -0.25) is 9.78 Å². The van der Waals surface area contributed by atoms with Crippen LogP contribution in [0.1, 0.15) is 22.6 Å². The van der Waals surface area contributed by atoms with Gasteiger partial charge in [0.1, 0.15) is 5.69 Å². The first-order valence-electron chi connectivity index (χ1n) is 4.95. The van der Waals surface area contributed by atoms with Gasteiger partial charge in [0.05, 0.1) is 11.9 Å². The van der Waals surface area contributed by atoms with Crippen molar-refractivity contribution in [1.82, 2.24) is 20.6 Å². The SMILES string of the molecule is CNCCCNC(=O)c1cnc(C)cn1. The lowest BCUT2D eigenvalue weighted by molar-refractivity contribution is 0.0948. The molecule has 15 heavy (non-hydrogen) atoms. The molecule has 0 saturated carbocycles. The van der Waals surface area contributed by atoms with Crippen LogP contribution in [0.25, 0.3) is 0 Å². The molecule has 1 amide bonds. The highest BCUT2D eigenvalue weighted by Gasteiger charge is 2.05. The van der Waals surface area contributed by atoms with Crippen LogP contribution in [0.3, 0.4) is 0 Å². The van der Waals surface area contributed by atoms with Crippen LogP contribution in [0.2, 0.25) is 0 Å². The first kappa shape index (κ1) is 11.6. The Morgan fingerprint density at radius 2 is 2.13 bits per heavy atom. The zero-order chi connectivity index (χ0) is 11.1. The topological polar surface area (TPSA) is 66.9 Å². The number of hydrogen-bond donors (Lipinski definition) is 2.